The van der Waals surface area contributed by atoms with Gasteiger partial charge in [-0.15, -0.1) is 0 Å². The number of amides is 3. The predicted molar refractivity (Wildman–Crippen MR) is 114 cm³/mol. The minimum absolute atomic E-state index is 0.0666. The quantitative estimate of drug-likeness (QED) is 0.371. The van der Waals surface area contributed by atoms with Gasteiger partial charge in [0.05, 0.1) is 28.8 Å². The minimum Gasteiger partial charge on any atom is -0.495 e. The molecule has 2 heterocycles. The Morgan fingerprint density at radius 2 is 1.81 bits per heavy atom. The zero-order valence-electron chi connectivity index (χ0n) is 17.0. The summed E-state index contributed by atoms with van der Waals surface area (Å²) in [4.78, 5) is 54.0. The number of pyridine rings is 1. The SMILES string of the molecule is COc1ccc([N+](=O)[O-])cc1NC(=O)c1ccc2c(c1)C(=O)N(c1cc(C)ccn1)C2=O. The molecule has 4 rings (SSSR count). The Hall–Kier alpha value is -4.60. The maximum atomic E-state index is 12.9. The number of rotatable bonds is 5. The van der Waals surface area contributed by atoms with E-state index in [1.807, 2.05) is 6.92 Å². The van der Waals surface area contributed by atoms with E-state index in [-0.39, 0.29) is 39.6 Å². The minimum atomic E-state index is -0.626. The number of imide groups is 1. The van der Waals surface area contributed by atoms with Crippen LogP contribution in [0.2, 0.25) is 0 Å². The van der Waals surface area contributed by atoms with E-state index in [1.54, 1.807) is 12.1 Å². The van der Waals surface area contributed by atoms with Gasteiger partial charge in [-0.2, -0.15) is 0 Å². The van der Waals surface area contributed by atoms with Crippen molar-refractivity contribution in [3.8, 4) is 5.75 Å². The van der Waals surface area contributed by atoms with Crippen LogP contribution in [0.4, 0.5) is 17.2 Å². The van der Waals surface area contributed by atoms with Gasteiger partial charge in [-0.05, 0) is 48.9 Å². The van der Waals surface area contributed by atoms with E-state index >= 15 is 0 Å². The Kier molecular flexibility index (Phi) is 5.11. The monoisotopic (exact) mass is 432 g/mol. The van der Waals surface area contributed by atoms with E-state index < -0.39 is 22.6 Å². The number of hydrogen-bond donors (Lipinski definition) is 1. The standard InChI is InChI=1S/C22H16N4O6/c1-12-7-8-23-19(9-12)25-21(28)15-5-3-13(10-16(15)22(25)29)20(27)24-17-11-14(26(30)31)4-6-18(17)32-2/h3-11H,1-2H3,(H,24,27). The highest BCUT2D eigenvalue weighted by molar-refractivity contribution is 6.34. The van der Waals surface area contributed by atoms with Gasteiger partial charge in [-0.25, -0.2) is 9.88 Å². The fourth-order valence-corrected chi connectivity index (χ4v) is 3.33. The van der Waals surface area contributed by atoms with Gasteiger partial charge in [0.2, 0.25) is 0 Å². The van der Waals surface area contributed by atoms with Crippen molar-refractivity contribution in [3.63, 3.8) is 0 Å². The summed E-state index contributed by atoms with van der Waals surface area (Å²) in [7, 11) is 1.37. The topological polar surface area (TPSA) is 132 Å². The second-order valence-electron chi connectivity index (χ2n) is 6.99. The van der Waals surface area contributed by atoms with Gasteiger partial charge < -0.3 is 10.1 Å². The molecule has 1 aromatic heterocycles. The van der Waals surface area contributed by atoms with Crippen molar-refractivity contribution in [2.45, 2.75) is 6.92 Å². The lowest BCUT2D eigenvalue weighted by atomic mass is 10.1. The van der Waals surface area contributed by atoms with Crippen molar-refractivity contribution in [1.82, 2.24) is 4.98 Å². The Morgan fingerprint density at radius 1 is 1.06 bits per heavy atom. The Labute approximate surface area is 181 Å². The molecule has 0 radical (unpaired) electrons. The van der Waals surface area contributed by atoms with Crippen LogP contribution < -0.4 is 15.0 Å². The van der Waals surface area contributed by atoms with Gasteiger partial charge in [0.1, 0.15) is 11.6 Å². The summed E-state index contributed by atoms with van der Waals surface area (Å²) in [6, 6.07) is 11.2. The summed E-state index contributed by atoms with van der Waals surface area (Å²) < 4.78 is 5.14. The molecule has 0 aliphatic carbocycles. The van der Waals surface area contributed by atoms with Crippen LogP contribution in [0.25, 0.3) is 0 Å². The predicted octanol–water partition coefficient (Wildman–Crippen LogP) is 3.36. The lowest BCUT2D eigenvalue weighted by Crippen LogP contribution is -2.30. The average molecular weight is 432 g/mol. The van der Waals surface area contributed by atoms with Gasteiger partial charge in [-0.3, -0.25) is 24.5 Å². The summed E-state index contributed by atoms with van der Waals surface area (Å²) in [6.07, 6.45) is 1.50. The summed E-state index contributed by atoms with van der Waals surface area (Å²) in [6.45, 7) is 1.81. The van der Waals surface area contributed by atoms with Crippen molar-refractivity contribution in [2.24, 2.45) is 0 Å². The van der Waals surface area contributed by atoms with Gasteiger partial charge in [0, 0.05) is 23.9 Å². The summed E-state index contributed by atoms with van der Waals surface area (Å²) >= 11 is 0. The number of ether oxygens (including phenoxy) is 1. The van der Waals surface area contributed by atoms with Gasteiger partial charge in [0.25, 0.3) is 23.4 Å². The smallest absolute Gasteiger partial charge is 0.271 e. The number of nitro groups is 1. The fourth-order valence-electron chi connectivity index (χ4n) is 3.33. The number of nitro benzene ring substituents is 1. The van der Waals surface area contributed by atoms with Crippen LogP contribution in [-0.2, 0) is 0 Å². The molecule has 160 valence electrons. The first-order chi connectivity index (χ1) is 15.3. The second-order valence-corrected chi connectivity index (χ2v) is 6.99. The molecule has 0 spiro atoms. The van der Waals surface area contributed by atoms with E-state index in [2.05, 4.69) is 10.3 Å². The largest absolute Gasteiger partial charge is 0.495 e. The average Bonchev–Trinajstić information content (AvgIpc) is 3.03. The molecule has 2 aromatic carbocycles. The molecular weight excluding hydrogens is 416 g/mol. The van der Waals surface area contributed by atoms with Crippen LogP contribution in [-0.4, -0.2) is 34.7 Å². The fraction of sp³-hybridized carbons (Fsp3) is 0.0909. The third-order valence-corrected chi connectivity index (χ3v) is 4.92. The first-order valence-corrected chi connectivity index (χ1v) is 9.39. The van der Waals surface area contributed by atoms with E-state index in [0.29, 0.717) is 0 Å². The number of nitrogens with one attached hydrogen (secondary N) is 1. The van der Waals surface area contributed by atoms with Gasteiger partial charge in [0.15, 0.2) is 0 Å². The van der Waals surface area contributed by atoms with Crippen LogP contribution >= 0.6 is 0 Å². The number of methoxy groups -OCH3 is 1. The van der Waals surface area contributed by atoms with E-state index in [4.69, 9.17) is 4.74 Å². The highest BCUT2D eigenvalue weighted by atomic mass is 16.6. The maximum absolute atomic E-state index is 12.9. The molecule has 3 aromatic rings. The molecule has 10 nitrogen and oxygen atoms in total. The molecule has 0 saturated heterocycles. The molecule has 1 aliphatic rings. The molecule has 10 heteroatoms. The zero-order chi connectivity index (χ0) is 23.0. The number of hydrogen-bond acceptors (Lipinski definition) is 7. The van der Waals surface area contributed by atoms with Crippen molar-refractivity contribution in [1.29, 1.82) is 0 Å². The van der Waals surface area contributed by atoms with Gasteiger partial charge in [-0.1, -0.05) is 0 Å². The van der Waals surface area contributed by atoms with Crippen LogP contribution in [0.3, 0.4) is 0 Å². The highest BCUT2D eigenvalue weighted by Crippen LogP contribution is 2.31. The third-order valence-electron chi connectivity index (χ3n) is 4.92. The number of carbonyl (C=O) groups excluding carboxylic acids is 3. The molecule has 0 unspecified atom stereocenters. The van der Waals surface area contributed by atoms with Crippen LogP contribution in [0.1, 0.15) is 36.6 Å². The lowest BCUT2D eigenvalue weighted by molar-refractivity contribution is -0.384. The number of carbonyl (C=O) groups is 3. The normalized spacial score (nSPS) is 12.5. The second kappa shape index (κ2) is 7.91. The zero-order valence-corrected chi connectivity index (χ0v) is 17.0. The van der Waals surface area contributed by atoms with E-state index in [1.165, 1.54) is 49.7 Å². The lowest BCUT2D eigenvalue weighted by Gasteiger charge is -2.12. The molecule has 0 fully saturated rings. The van der Waals surface area contributed by atoms with E-state index in [9.17, 15) is 24.5 Å². The molecular formula is C22H16N4O6. The van der Waals surface area contributed by atoms with Crippen molar-refractivity contribution in [2.75, 3.05) is 17.3 Å². The number of aromatic nitrogens is 1. The third kappa shape index (κ3) is 3.54. The number of non-ortho nitro benzene ring substituents is 1. The highest BCUT2D eigenvalue weighted by Gasteiger charge is 2.38. The molecule has 3 amide bonds. The van der Waals surface area contributed by atoms with E-state index in [0.717, 1.165) is 10.5 Å². The van der Waals surface area contributed by atoms with Crippen molar-refractivity contribution in [3.05, 3.63) is 87.1 Å². The molecule has 0 saturated carbocycles. The van der Waals surface area contributed by atoms with Crippen molar-refractivity contribution >= 4 is 34.9 Å². The Balaban J connectivity index is 1.65. The summed E-state index contributed by atoms with van der Waals surface area (Å²) in [5.74, 6) is -1.32. The maximum Gasteiger partial charge on any atom is 0.271 e. The number of anilines is 2. The summed E-state index contributed by atoms with van der Waals surface area (Å²) in [5, 5.41) is 13.6. The van der Waals surface area contributed by atoms with Crippen LogP contribution in [0.15, 0.2) is 54.7 Å². The molecule has 1 N–H and O–H groups in total. The van der Waals surface area contributed by atoms with Crippen LogP contribution in [0, 0.1) is 17.0 Å². The molecule has 1 aliphatic heterocycles. The molecule has 32 heavy (non-hydrogen) atoms. The molecule has 0 bridgehead atoms. The number of nitrogens with zero attached hydrogens (tertiary/aromatic N) is 3. The number of fused-ring (bicyclic) bond motifs is 1. The first kappa shape index (κ1) is 20.7. The van der Waals surface area contributed by atoms with Crippen LogP contribution in [0.5, 0.6) is 5.75 Å². The van der Waals surface area contributed by atoms with Crippen molar-refractivity contribution < 1.29 is 24.0 Å². The Morgan fingerprint density at radius 3 is 2.50 bits per heavy atom. The first-order valence-electron chi connectivity index (χ1n) is 9.39. The number of benzene rings is 2. The summed E-state index contributed by atoms with van der Waals surface area (Å²) in [5.41, 5.74) is 1.02. The Bertz CT molecular complexity index is 1300. The number of aryl methyl sites for hydroxylation is 1. The molecule has 0 atom stereocenters. The van der Waals surface area contributed by atoms with Gasteiger partial charge >= 0.3 is 0 Å².